The molecular formula is C18H17Cl2N3O2. The van der Waals surface area contributed by atoms with Crippen LogP contribution in [0.3, 0.4) is 0 Å². The first-order chi connectivity index (χ1) is 12.0. The zero-order valence-corrected chi connectivity index (χ0v) is 15.1. The number of halogens is 2. The zero-order valence-electron chi connectivity index (χ0n) is 13.6. The average Bonchev–Trinajstić information content (AvgIpc) is 3.06. The standard InChI is InChI=1S/C18H17Cl2N3O2/c1-2-11-5-4-8-23(11)18(25)13-10-21-16(22-17(13)24)9-12-14(19)6-3-7-15(12)20/h3-7,10-11H,2,8-9H2,1H3,(H,21,22,24)/t11-/m0/s1. The van der Waals surface area contributed by atoms with Crippen molar-refractivity contribution in [2.24, 2.45) is 0 Å². The van der Waals surface area contributed by atoms with Gasteiger partial charge in [0.05, 0.1) is 6.04 Å². The fourth-order valence-electron chi connectivity index (χ4n) is 2.86. The smallest absolute Gasteiger partial charge is 0.263 e. The Hall–Kier alpha value is -2.11. The highest BCUT2D eigenvalue weighted by atomic mass is 35.5. The third kappa shape index (κ3) is 3.62. The average molecular weight is 378 g/mol. The van der Waals surface area contributed by atoms with Gasteiger partial charge < -0.3 is 9.88 Å². The third-order valence-corrected chi connectivity index (χ3v) is 4.94. The molecule has 0 aliphatic carbocycles. The van der Waals surface area contributed by atoms with Crippen LogP contribution in [0.2, 0.25) is 10.0 Å². The molecule has 130 valence electrons. The molecule has 1 aromatic carbocycles. The molecule has 1 aliphatic heterocycles. The molecule has 25 heavy (non-hydrogen) atoms. The van der Waals surface area contributed by atoms with Crippen LogP contribution >= 0.6 is 23.2 Å². The summed E-state index contributed by atoms with van der Waals surface area (Å²) in [5, 5.41) is 1.01. The summed E-state index contributed by atoms with van der Waals surface area (Å²) < 4.78 is 0. The van der Waals surface area contributed by atoms with Crippen molar-refractivity contribution < 1.29 is 4.79 Å². The normalized spacial score (nSPS) is 16.4. The molecule has 5 nitrogen and oxygen atoms in total. The Morgan fingerprint density at radius 3 is 2.72 bits per heavy atom. The number of hydrogen-bond acceptors (Lipinski definition) is 3. The maximum atomic E-state index is 12.6. The van der Waals surface area contributed by atoms with Gasteiger partial charge in [-0.3, -0.25) is 9.59 Å². The predicted molar refractivity (Wildman–Crippen MR) is 98.4 cm³/mol. The van der Waals surface area contributed by atoms with Gasteiger partial charge in [0, 0.05) is 29.2 Å². The monoisotopic (exact) mass is 377 g/mol. The Bertz CT molecular complexity index is 872. The number of H-pyrrole nitrogens is 1. The molecule has 1 N–H and O–H groups in total. The first-order valence-electron chi connectivity index (χ1n) is 8.00. The lowest BCUT2D eigenvalue weighted by atomic mass is 10.1. The first-order valence-corrected chi connectivity index (χ1v) is 8.75. The summed E-state index contributed by atoms with van der Waals surface area (Å²) in [6, 6.07) is 5.22. The fourth-order valence-corrected chi connectivity index (χ4v) is 3.39. The number of benzene rings is 1. The summed E-state index contributed by atoms with van der Waals surface area (Å²) in [4.78, 5) is 33.5. The molecule has 1 atom stereocenters. The predicted octanol–water partition coefficient (Wildman–Crippen LogP) is 3.46. The molecule has 0 unspecified atom stereocenters. The number of aromatic amines is 1. The highest BCUT2D eigenvalue weighted by Gasteiger charge is 2.26. The van der Waals surface area contributed by atoms with E-state index in [2.05, 4.69) is 9.97 Å². The summed E-state index contributed by atoms with van der Waals surface area (Å²) in [5.74, 6) is 0.0936. The van der Waals surface area contributed by atoms with E-state index in [-0.39, 0.29) is 23.9 Å². The van der Waals surface area contributed by atoms with Gasteiger partial charge in [-0.2, -0.15) is 0 Å². The maximum Gasteiger partial charge on any atom is 0.263 e. The Balaban J connectivity index is 1.84. The fraction of sp³-hybridized carbons (Fsp3) is 0.278. The highest BCUT2D eigenvalue weighted by molar-refractivity contribution is 6.36. The van der Waals surface area contributed by atoms with Crippen molar-refractivity contribution in [2.45, 2.75) is 25.8 Å². The van der Waals surface area contributed by atoms with E-state index in [0.717, 1.165) is 6.42 Å². The number of hydrogen-bond donors (Lipinski definition) is 1. The molecule has 0 bridgehead atoms. The van der Waals surface area contributed by atoms with Crippen LogP contribution in [0.5, 0.6) is 0 Å². The van der Waals surface area contributed by atoms with Crippen LogP contribution in [0.1, 0.15) is 35.1 Å². The van der Waals surface area contributed by atoms with Crippen LogP contribution in [0.15, 0.2) is 41.3 Å². The molecule has 1 aliphatic rings. The second-order valence-corrected chi connectivity index (χ2v) is 6.63. The highest BCUT2D eigenvalue weighted by Crippen LogP contribution is 2.25. The van der Waals surface area contributed by atoms with E-state index in [1.807, 2.05) is 19.1 Å². The van der Waals surface area contributed by atoms with E-state index in [1.165, 1.54) is 6.20 Å². The molecule has 0 radical (unpaired) electrons. The number of aromatic nitrogens is 2. The van der Waals surface area contributed by atoms with Crippen molar-refractivity contribution in [1.82, 2.24) is 14.9 Å². The summed E-state index contributed by atoms with van der Waals surface area (Å²) >= 11 is 12.3. The molecular weight excluding hydrogens is 361 g/mol. The van der Waals surface area contributed by atoms with Gasteiger partial charge in [-0.05, 0) is 24.1 Å². The van der Waals surface area contributed by atoms with Crippen molar-refractivity contribution in [2.75, 3.05) is 6.54 Å². The van der Waals surface area contributed by atoms with Gasteiger partial charge in [0.15, 0.2) is 0 Å². The lowest BCUT2D eigenvalue weighted by molar-refractivity contribution is 0.0745. The number of carbonyl (C=O) groups is 1. The second-order valence-electron chi connectivity index (χ2n) is 5.81. The molecule has 3 rings (SSSR count). The summed E-state index contributed by atoms with van der Waals surface area (Å²) in [7, 11) is 0. The molecule has 2 heterocycles. The Labute approximate surface area is 155 Å². The van der Waals surface area contributed by atoms with E-state index in [1.54, 1.807) is 23.1 Å². The molecule has 1 aromatic heterocycles. The van der Waals surface area contributed by atoms with Gasteiger partial charge in [-0.25, -0.2) is 4.98 Å². The molecule has 0 spiro atoms. The Kier molecular flexibility index (Phi) is 5.25. The Morgan fingerprint density at radius 2 is 2.08 bits per heavy atom. The minimum Gasteiger partial charge on any atom is -0.328 e. The molecule has 0 fully saturated rings. The minimum absolute atomic E-state index is 0.0218. The van der Waals surface area contributed by atoms with Gasteiger partial charge in [0.1, 0.15) is 11.4 Å². The van der Waals surface area contributed by atoms with Gasteiger partial charge in [0.2, 0.25) is 0 Å². The molecule has 0 saturated heterocycles. The quantitative estimate of drug-likeness (QED) is 0.829. The van der Waals surface area contributed by atoms with Crippen molar-refractivity contribution in [1.29, 1.82) is 0 Å². The summed E-state index contributed by atoms with van der Waals surface area (Å²) in [6.45, 7) is 2.51. The number of amides is 1. The van der Waals surface area contributed by atoms with Crippen molar-refractivity contribution in [3.63, 3.8) is 0 Å². The summed E-state index contributed by atoms with van der Waals surface area (Å²) in [6.07, 6.45) is 6.32. The lowest BCUT2D eigenvalue weighted by Gasteiger charge is -2.23. The number of nitrogens with one attached hydrogen (secondary N) is 1. The zero-order chi connectivity index (χ0) is 18.0. The van der Waals surface area contributed by atoms with Crippen LogP contribution in [-0.4, -0.2) is 33.4 Å². The molecule has 0 saturated carbocycles. The van der Waals surface area contributed by atoms with Gasteiger partial charge in [-0.1, -0.05) is 48.3 Å². The van der Waals surface area contributed by atoms with E-state index in [4.69, 9.17) is 23.2 Å². The van der Waals surface area contributed by atoms with Crippen LogP contribution < -0.4 is 5.56 Å². The number of nitrogens with zero attached hydrogens (tertiary/aromatic N) is 2. The lowest BCUT2D eigenvalue weighted by Crippen LogP contribution is -2.38. The van der Waals surface area contributed by atoms with Crippen molar-refractivity contribution in [3.8, 4) is 0 Å². The molecule has 2 aromatic rings. The van der Waals surface area contributed by atoms with E-state index >= 15 is 0 Å². The Morgan fingerprint density at radius 1 is 1.36 bits per heavy atom. The molecule has 7 heteroatoms. The number of rotatable bonds is 4. The van der Waals surface area contributed by atoms with Gasteiger partial charge >= 0.3 is 0 Å². The topological polar surface area (TPSA) is 66.1 Å². The largest absolute Gasteiger partial charge is 0.328 e. The van der Waals surface area contributed by atoms with Gasteiger partial charge in [-0.15, -0.1) is 0 Å². The maximum absolute atomic E-state index is 12.6. The van der Waals surface area contributed by atoms with E-state index in [0.29, 0.717) is 28.0 Å². The van der Waals surface area contributed by atoms with Crippen molar-refractivity contribution >= 4 is 29.1 Å². The van der Waals surface area contributed by atoms with Crippen LogP contribution in [0.25, 0.3) is 0 Å². The third-order valence-electron chi connectivity index (χ3n) is 4.23. The van der Waals surface area contributed by atoms with E-state index in [9.17, 15) is 9.59 Å². The van der Waals surface area contributed by atoms with Crippen molar-refractivity contribution in [3.05, 3.63) is 73.9 Å². The van der Waals surface area contributed by atoms with Crippen LogP contribution in [-0.2, 0) is 6.42 Å². The second kappa shape index (κ2) is 7.42. The van der Waals surface area contributed by atoms with Crippen LogP contribution in [0, 0.1) is 0 Å². The number of carbonyl (C=O) groups excluding carboxylic acids is 1. The minimum atomic E-state index is -0.458. The van der Waals surface area contributed by atoms with Crippen LogP contribution in [0.4, 0.5) is 0 Å². The summed E-state index contributed by atoms with van der Waals surface area (Å²) in [5.41, 5.74) is 0.263. The van der Waals surface area contributed by atoms with Gasteiger partial charge in [0.25, 0.3) is 11.5 Å². The SMILES string of the molecule is CC[C@H]1C=CCN1C(=O)c1cnc(Cc2c(Cl)cccc2Cl)[nH]c1=O. The van der Waals surface area contributed by atoms with E-state index < -0.39 is 5.56 Å². The molecule has 1 amide bonds. The first kappa shape index (κ1) is 17.7.